The number of rotatable bonds is 1. The highest BCUT2D eigenvalue weighted by molar-refractivity contribution is 5.37. The average Bonchev–Trinajstić information content (AvgIpc) is 2.21. The third-order valence-corrected chi connectivity index (χ3v) is 2.05. The van der Waals surface area contributed by atoms with Gasteiger partial charge in [0.15, 0.2) is 0 Å². The smallest absolute Gasteiger partial charge is 0.147 e. The van der Waals surface area contributed by atoms with Gasteiger partial charge in [0.25, 0.3) is 0 Å². The molecule has 0 aromatic carbocycles. The molecule has 0 unspecified atom stereocenters. The third-order valence-electron chi connectivity index (χ3n) is 2.05. The Morgan fingerprint density at radius 2 is 2.25 bits per heavy atom. The molecular formula is C9H12N3. The first-order valence-electron chi connectivity index (χ1n) is 4.33. The second-order valence-electron chi connectivity index (χ2n) is 2.94. The molecule has 0 saturated carbocycles. The summed E-state index contributed by atoms with van der Waals surface area (Å²) in [6, 6.07) is 0. The summed E-state index contributed by atoms with van der Waals surface area (Å²) in [4.78, 5) is 10.4. The van der Waals surface area contributed by atoms with Gasteiger partial charge in [-0.1, -0.05) is 0 Å². The normalized spacial score (nSPS) is 17.8. The summed E-state index contributed by atoms with van der Waals surface area (Å²) >= 11 is 0. The highest BCUT2D eigenvalue weighted by Gasteiger charge is 2.11. The molecule has 1 saturated heterocycles. The van der Waals surface area contributed by atoms with Crippen molar-refractivity contribution in [3.05, 3.63) is 25.1 Å². The van der Waals surface area contributed by atoms with Crippen molar-refractivity contribution in [2.75, 3.05) is 11.4 Å². The molecule has 12 heavy (non-hydrogen) atoms. The maximum atomic E-state index is 4.23. The van der Waals surface area contributed by atoms with E-state index in [4.69, 9.17) is 0 Å². The van der Waals surface area contributed by atoms with Crippen molar-refractivity contribution < 1.29 is 0 Å². The highest BCUT2D eigenvalue weighted by atomic mass is 15.2. The fourth-order valence-electron chi connectivity index (χ4n) is 1.41. The Balaban J connectivity index is 2.08. The summed E-state index contributed by atoms with van der Waals surface area (Å²) in [5, 5.41) is 0. The Morgan fingerprint density at radius 1 is 1.25 bits per heavy atom. The third kappa shape index (κ3) is 1.55. The lowest BCUT2D eigenvalue weighted by atomic mass is 10.1. The molecular weight excluding hydrogens is 150 g/mol. The zero-order valence-corrected chi connectivity index (χ0v) is 6.98. The SMILES string of the molecule is [CH]1CCCCN1c1cnccn1. The highest BCUT2D eigenvalue weighted by Crippen LogP contribution is 2.18. The van der Waals surface area contributed by atoms with Crippen molar-refractivity contribution >= 4 is 5.82 Å². The first-order chi connectivity index (χ1) is 5.97. The predicted octanol–water partition coefficient (Wildman–Crippen LogP) is 1.63. The Morgan fingerprint density at radius 3 is 2.92 bits per heavy atom. The van der Waals surface area contributed by atoms with Crippen molar-refractivity contribution in [1.82, 2.24) is 9.97 Å². The summed E-state index contributed by atoms with van der Waals surface area (Å²) in [5.41, 5.74) is 0. The van der Waals surface area contributed by atoms with Gasteiger partial charge in [0.05, 0.1) is 12.7 Å². The molecule has 2 heterocycles. The van der Waals surface area contributed by atoms with Gasteiger partial charge in [0, 0.05) is 18.9 Å². The first kappa shape index (κ1) is 7.53. The minimum absolute atomic E-state index is 0.970. The van der Waals surface area contributed by atoms with E-state index in [-0.39, 0.29) is 0 Å². The molecule has 3 heteroatoms. The largest absolute Gasteiger partial charge is 0.350 e. The monoisotopic (exact) mass is 162 g/mol. The van der Waals surface area contributed by atoms with Gasteiger partial charge in [-0.25, -0.2) is 4.98 Å². The maximum Gasteiger partial charge on any atom is 0.147 e. The maximum absolute atomic E-state index is 4.23. The topological polar surface area (TPSA) is 29.0 Å². The van der Waals surface area contributed by atoms with Crippen LogP contribution in [0.25, 0.3) is 0 Å². The van der Waals surface area contributed by atoms with Crippen LogP contribution in [0.4, 0.5) is 5.82 Å². The molecule has 2 rings (SSSR count). The van der Waals surface area contributed by atoms with Crippen LogP contribution in [0, 0.1) is 6.54 Å². The lowest BCUT2D eigenvalue weighted by Crippen LogP contribution is -2.25. The zero-order valence-electron chi connectivity index (χ0n) is 6.98. The van der Waals surface area contributed by atoms with Crippen LogP contribution in [0.1, 0.15) is 19.3 Å². The molecule has 1 aromatic rings. The van der Waals surface area contributed by atoms with Gasteiger partial charge in [-0.2, -0.15) is 0 Å². The second-order valence-corrected chi connectivity index (χ2v) is 2.94. The predicted molar refractivity (Wildman–Crippen MR) is 47.5 cm³/mol. The van der Waals surface area contributed by atoms with E-state index >= 15 is 0 Å². The zero-order chi connectivity index (χ0) is 8.23. The van der Waals surface area contributed by atoms with Crippen molar-refractivity contribution in [2.45, 2.75) is 19.3 Å². The molecule has 0 amide bonds. The molecule has 1 fully saturated rings. The molecule has 0 bridgehead atoms. The van der Waals surface area contributed by atoms with E-state index in [2.05, 4.69) is 21.4 Å². The molecule has 1 aromatic heterocycles. The average molecular weight is 162 g/mol. The number of hydrogen-bond donors (Lipinski definition) is 0. The van der Waals surface area contributed by atoms with Gasteiger partial charge in [-0.3, -0.25) is 4.98 Å². The lowest BCUT2D eigenvalue weighted by molar-refractivity contribution is 0.627. The minimum Gasteiger partial charge on any atom is -0.350 e. The number of aromatic nitrogens is 2. The van der Waals surface area contributed by atoms with Gasteiger partial charge in [0.2, 0.25) is 0 Å². The number of anilines is 1. The minimum atomic E-state index is 0.970. The van der Waals surface area contributed by atoms with Gasteiger partial charge >= 0.3 is 0 Å². The summed E-state index contributed by atoms with van der Waals surface area (Å²) in [5.74, 6) is 0.970. The van der Waals surface area contributed by atoms with Crippen LogP contribution in [0.15, 0.2) is 18.6 Å². The van der Waals surface area contributed by atoms with Crippen molar-refractivity contribution in [2.24, 2.45) is 0 Å². The van der Waals surface area contributed by atoms with E-state index in [9.17, 15) is 0 Å². The Labute approximate surface area is 72.4 Å². The summed E-state index contributed by atoms with van der Waals surface area (Å²) in [6.07, 6.45) is 8.97. The van der Waals surface area contributed by atoms with E-state index in [0.717, 1.165) is 18.8 Å². The molecule has 0 spiro atoms. The van der Waals surface area contributed by atoms with Crippen molar-refractivity contribution in [3.63, 3.8) is 0 Å². The molecule has 1 radical (unpaired) electrons. The van der Waals surface area contributed by atoms with E-state index in [1.807, 2.05) is 6.20 Å². The van der Waals surface area contributed by atoms with Crippen LogP contribution in [-0.2, 0) is 0 Å². The first-order valence-corrected chi connectivity index (χ1v) is 4.33. The van der Waals surface area contributed by atoms with Crippen LogP contribution in [0.5, 0.6) is 0 Å². The molecule has 1 aliphatic heterocycles. The Kier molecular flexibility index (Phi) is 2.21. The van der Waals surface area contributed by atoms with E-state index in [1.165, 1.54) is 12.8 Å². The van der Waals surface area contributed by atoms with Crippen LogP contribution in [-0.4, -0.2) is 16.5 Å². The summed E-state index contributed by atoms with van der Waals surface area (Å²) < 4.78 is 0. The fourth-order valence-corrected chi connectivity index (χ4v) is 1.41. The van der Waals surface area contributed by atoms with E-state index in [0.29, 0.717) is 0 Å². The van der Waals surface area contributed by atoms with Crippen LogP contribution < -0.4 is 4.90 Å². The standard InChI is InChI=1S/C9H12N3/c1-2-6-12(7-3-1)9-8-10-4-5-11-9/h4-6,8H,1-3,7H2. The molecule has 63 valence electrons. The molecule has 0 aliphatic carbocycles. The van der Waals surface area contributed by atoms with Crippen LogP contribution in [0.2, 0.25) is 0 Å². The Bertz CT molecular complexity index is 229. The number of nitrogens with zero attached hydrogens (tertiary/aromatic N) is 3. The lowest BCUT2D eigenvalue weighted by Gasteiger charge is -2.26. The molecule has 3 nitrogen and oxygen atoms in total. The van der Waals surface area contributed by atoms with E-state index < -0.39 is 0 Å². The van der Waals surface area contributed by atoms with Crippen molar-refractivity contribution in [3.8, 4) is 0 Å². The summed E-state index contributed by atoms with van der Waals surface area (Å²) in [6.45, 7) is 3.28. The quantitative estimate of drug-likeness (QED) is 0.628. The van der Waals surface area contributed by atoms with Crippen LogP contribution in [0.3, 0.4) is 0 Å². The number of hydrogen-bond acceptors (Lipinski definition) is 3. The van der Waals surface area contributed by atoms with Gasteiger partial charge < -0.3 is 4.90 Å². The number of piperidine rings is 1. The van der Waals surface area contributed by atoms with E-state index in [1.54, 1.807) is 12.4 Å². The Hall–Kier alpha value is -1.12. The molecule has 1 aliphatic rings. The van der Waals surface area contributed by atoms with Gasteiger partial charge in [0.1, 0.15) is 5.82 Å². The molecule has 0 atom stereocenters. The van der Waals surface area contributed by atoms with Gasteiger partial charge in [-0.05, 0) is 19.3 Å². The van der Waals surface area contributed by atoms with Crippen LogP contribution >= 0.6 is 0 Å². The van der Waals surface area contributed by atoms with Crippen molar-refractivity contribution in [1.29, 1.82) is 0 Å². The second kappa shape index (κ2) is 3.52. The fraction of sp³-hybridized carbons (Fsp3) is 0.444. The summed E-state index contributed by atoms with van der Waals surface area (Å²) in [7, 11) is 0. The molecule has 0 N–H and O–H groups in total. The van der Waals surface area contributed by atoms with Gasteiger partial charge in [-0.15, -0.1) is 0 Å².